The van der Waals surface area contributed by atoms with E-state index >= 15 is 0 Å². The van der Waals surface area contributed by atoms with Crippen molar-refractivity contribution >= 4 is 19.9 Å². The van der Waals surface area contributed by atoms with Crippen LogP contribution in [0.2, 0.25) is 18.6 Å². The molecule has 8 nitrogen and oxygen atoms in total. The molecule has 2 N–H and O–H groups in total. The minimum Gasteiger partial charge on any atom is -0.432 e. The second kappa shape index (κ2) is 8.67. The molecule has 3 heterocycles. The summed E-state index contributed by atoms with van der Waals surface area (Å²) in [6.45, 7) is 6.37. The number of likely N-dealkylation sites (N-methyl/N-ethyl adjacent to an activating group) is 1. The van der Waals surface area contributed by atoms with Gasteiger partial charge in [-0.1, -0.05) is 60.7 Å². The number of rotatable bonds is 6. The lowest BCUT2D eigenvalue weighted by atomic mass is 9.82. The normalized spacial score (nSPS) is 27.0. The number of fused-ring (bicyclic) bond motifs is 2. The largest absolute Gasteiger partial charge is 0.432 e. The maximum atomic E-state index is 13.6. The van der Waals surface area contributed by atoms with E-state index in [1.54, 1.807) is 22.8 Å². The number of aliphatic hydroxyl groups is 1. The summed E-state index contributed by atoms with van der Waals surface area (Å²) in [5.41, 5.74) is 1.74. The summed E-state index contributed by atoms with van der Waals surface area (Å²) in [6.07, 6.45) is 1.14. The van der Waals surface area contributed by atoms with Gasteiger partial charge < -0.3 is 19.5 Å². The van der Waals surface area contributed by atoms with Gasteiger partial charge in [0.25, 0.3) is 5.91 Å². The Bertz CT molecular complexity index is 1230. The van der Waals surface area contributed by atoms with Gasteiger partial charge in [-0.2, -0.15) is 0 Å². The molecule has 35 heavy (non-hydrogen) atoms. The number of hydrogen-bond donors (Lipinski definition) is 2. The predicted molar refractivity (Wildman–Crippen MR) is 134 cm³/mol. The van der Waals surface area contributed by atoms with Crippen LogP contribution < -0.4 is 4.90 Å². The summed E-state index contributed by atoms with van der Waals surface area (Å²) in [5, 5.41) is 19.0. The molecule has 0 aliphatic carbocycles. The molecule has 1 saturated heterocycles. The Morgan fingerprint density at radius 3 is 2.54 bits per heavy atom. The van der Waals surface area contributed by atoms with Gasteiger partial charge in [0.2, 0.25) is 0 Å². The van der Waals surface area contributed by atoms with Crippen LogP contribution in [0.5, 0.6) is 0 Å². The Hall–Kier alpha value is -2.85. The number of nitrogens with zero attached hydrogens (tertiary/aromatic N) is 4. The number of ether oxygens (including phenoxy) is 1. The molecule has 2 aromatic carbocycles. The van der Waals surface area contributed by atoms with Crippen LogP contribution in [0.25, 0.3) is 0 Å². The highest BCUT2D eigenvalue weighted by Gasteiger charge is 2.65. The van der Waals surface area contributed by atoms with Crippen molar-refractivity contribution in [3.63, 3.8) is 0 Å². The Balaban J connectivity index is 1.40. The third-order valence-corrected chi connectivity index (χ3v) is 10.1. The first kappa shape index (κ1) is 23.9. The molecule has 1 fully saturated rings. The molecule has 3 aromatic rings. The van der Waals surface area contributed by atoms with E-state index in [1.807, 2.05) is 74.6 Å². The highest BCUT2D eigenvalue weighted by molar-refractivity contribution is 6.71. The minimum atomic E-state index is -2.69. The summed E-state index contributed by atoms with van der Waals surface area (Å²) < 4.78 is 8.38. The number of anilines is 1. The summed E-state index contributed by atoms with van der Waals surface area (Å²) >= 11 is 0. The molecule has 1 amide bonds. The topological polar surface area (TPSA) is 101 Å². The molecule has 5 rings (SSSR count). The van der Waals surface area contributed by atoms with Crippen LogP contribution in [0.4, 0.5) is 5.69 Å². The van der Waals surface area contributed by atoms with E-state index in [0.29, 0.717) is 18.7 Å². The van der Waals surface area contributed by atoms with Crippen LogP contribution in [0.1, 0.15) is 36.3 Å². The molecule has 0 bridgehead atoms. The summed E-state index contributed by atoms with van der Waals surface area (Å²) in [6, 6.07) is 17.1. The van der Waals surface area contributed by atoms with E-state index in [4.69, 9.17) is 4.74 Å². The van der Waals surface area contributed by atoms with Gasteiger partial charge >= 0.3 is 0 Å². The standard InChI is InChI=1S/C26H32N4O4Si/c1-17-24(35(3,4)33)22(34-26(17)19-12-8-9-13-21(19)29(2)25(26)32)14-15-30-16-20(27-28-30)23(31)18-10-6-5-7-11-18/h5-13,16-17,22-24,31,33H,14-15H2,1-4H3/t17-,22+,23-,24-,26+/m1/s1. The zero-order chi connectivity index (χ0) is 25.0. The molecule has 0 saturated carbocycles. The third-order valence-electron chi connectivity index (χ3n) is 7.62. The monoisotopic (exact) mass is 492 g/mol. The van der Waals surface area contributed by atoms with E-state index in [1.165, 1.54) is 0 Å². The van der Waals surface area contributed by atoms with Crippen molar-refractivity contribution < 1.29 is 19.4 Å². The zero-order valence-electron chi connectivity index (χ0n) is 20.5. The predicted octanol–water partition coefficient (Wildman–Crippen LogP) is 3.22. The lowest BCUT2D eigenvalue weighted by Gasteiger charge is -2.32. The number of carbonyl (C=O) groups is 1. The van der Waals surface area contributed by atoms with Crippen molar-refractivity contribution in [2.24, 2.45) is 5.92 Å². The molecule has 0 unspecified atom stereocenters. The zero-order valence-corrected chi connectivity index (χ0v) is 21.5. The van der Waals surface area contributed by atoms with Crippen LogP contribution in [0, 0.1) is 5.92 Å². The lowest BCUT2D eigenvalue weighted by molar-refractivity contribution is -0.145. The van der Waals surface area contributed by atoms with Crippen LogP contribution in [0.3, 0.4) is 0 Å². The average molecular weight is 493 g/mol. The first-order chi connectivity index (χ1) is 16.6. The molecule has 5 atom stereocenters. The lowest BCUT2D eigenvalue weighted by Crippen LogP contribution is -2.45. The van der Waals surface area contributed by atoms with Gasteiger partial charge in [0, 0.05) is 30.6 Å². The van der Waals surface area contributed by atoms with Crippen LogP contribution in [-0.4, -0.2) is 52.3 Å². The molecule has 0 radical (unpaired) electrons. The Morgan fingerprint density at radius 1 is 1.14 bits per heavy atom. The van der Waals surface area contributed by atoms with Gasteiger partial charge in [0.15, 0.2) is 13.9 Å². The third kappa shape index (κ3) is 3.83. The van der Waals surface area contributed by atoms with E-state index < -0.39 is 20.0 Å². The fourth-order valence-electron chi connectivity index (χ4n) is 6.02. The fourth-order valence-corrected chi connectivity index (χ4v) is 8.62. The molecule has 2 aliphatic rings. The second-order valence-electron chi connectivity index (χ2n) is 10.2. The Kier molecular flexibility index (Phi) is 5.91. The van der Waals surface area contributed by atoms with E-state index in [2.05, 4.69) is 10.3 Å². The number of benzene rings is 2. The van der Waals surface area contributed by atoms with Crippen molar-refractivity contribution in [1.82, 2.24) is 15.0 Å². The number of carbonyl (C=O) groups excluding carboxylic acids is 1. The number of aromatic nitrogens is 3. The summed E-state index contributed by atoms with van der Waals surface area (Å²) in [7, 11) is -0.910. The molecule has 9 heteroatoms. The number of para-hydroxylation sites is 1. The van der Waals surface area contributed by atoms with Crippen molar-refractivity contribution in [3.8, 4) is 0 Å². The van der Waals surface area contributed by atoms with E-state index in [9.17, 15) is 14.7 Å². The molecule has 2 aliphatic heterocycles. The van der Waals surface area contributed by atoms with E-state index in [0.717, 1.165) is 16.8 Å². The Morgan fingerprint density at radius 2 is 1.83 bits per heavy atom. The second-order valence-corrected chi connectivity index (χ2v) is 14.2. The number of amides is 1. The maximum absolute atomic E-state index is 13.6. The number of hydrogen-bond acceptors (Lipinski definition) is 6. The SMILES string of the molecule is C[C@@H]1[C@@H]([Si](C)(C)O)[C@H](CCn2cc([C@H](O)c3ccccc3)nn2)O[C@@]12C(=O)N(C)c1ccccc12. The van der Waals surface area contributed by atoms with Gasteiger partial charge in [-0.25, -0.2) is 0 Å². The van der Waals surface area contributed by atoms with Crippen molar-refractivity contribution in [1.29, 1.82) is 0 Å². The summed E-state index contributed by atoms with van der Waals surface area (Å²) in [5.74, 6) is -0.255. The van der Waals surface area contributed by atoms with Crippen molar-refractivity contribution in [2.75, 3.05) is 11.9 Å². The molecular weight excluding hydrogens is 460 g/mol. The fraction of sp³-hybridized carbons (Fsp3) is 0.423. The van der Waals surface area contributed by atoms with Crippen molar-refractivity contribution in [2.45, 2.75) is 56.3 Å². The van der Waals surface area contributed by atoms with Crippen LogP contribution in [0.15, 0.2) is 60.8 Å². The maximum Gasteiger partial charge on any atom is 0.264 e. The highest BCUT2D eigenvalue weighted by atomic mass is 28.4. The van der Waals surface area contributed by atoms with Gasteiger partial charge in [0.05, 0.1) is 18.0 Å². The van der Waals surface area contributed by atoms with Crippen LogP contribution >= 0.6 is 0 Å². The molecular formula is C26H32N4O4Si. The molecule has 184 valence electrons. The van der Waals surface area contributed by atoms with Gasteiger partial charge in [-0.05, 0) is 31.1 Å². The number of aryl methyl sites for hydroxylation is 1. The van der Waals surface area contributed by atoms with Crippen molar-refractivity contribution in [3.05, 3.63) is 77.6 Å². The molecule has 1 spiro atoms. The van der Waals surface area contributed by atoms with Crippen LogP contribution in [-0.2, 0) is 21.7 Å². The smallest absolute Gasteiger partial charge is 0.264 e. The quantitative estimate of drug-likeness (QED) is 0.513. The van der Waals surface area contributed by atoms with Gasteiger partial charge in [-0.3, -0.25) is 9.48 Å². The minimum absolute atomic E-state index is 0.0778. The highest BCUT2D eigenvalue weighted by Crippen LogP contribution is 2.59. The first-order valence-corrected chi connectivity index (χ1v) is 15.1. The van der Waals surface area contributed by atoms with E-state index in [-0.39, 0.29) is 23.5 Å². The molecule has 1 aromatic heterocycles. The number of aliphatic hydroxyl groups excluding tert-OH is 1. The first-order valence-electron chi connectivity index (χ1n) is 12.1. The average Bonchev–Trinajstić information content (AvgIpc) is 3.49. The summed E-state index contributed by atoms with van der Waals surface area (Å²) in [4.78, 5) is 26.5. The van der Waals surface area contributed by atoms with Gasteiger partial charge in [0.1, 0.15) is 11.8 Å². The Labute approximate surface area is 206 Å². The van der Waals surface area contributed by atoms with Gasteiger partial charge in [-0.15, -0.1) is 5.10 Å².